The van der Waals surface area contributed by atoms with Crippen LogP contribution >= 0.6 is 0 Å². The first-order valence-electron chi connectivity index (χ1n) is 4.94. The number of esters is 1. The first kappa shape index (κ1) is 9.93. The second-order valence-electron chi connectivity index (χ2n) is 3.44. The molecule has 0 amide bonds. The second-order valence-corrected chi connectivity index (χ2v) is 3.44. The van der Waals surface area contributed by atoms with Gasteiger partial charge in [0.1, 0.15) is 5.76 Å². The molecule has 1 unspecified atom stereocenters. The molecule has 0 aromatic heterocycles. The number of benzene rings is 1. The fourth-order valence-corrected chi connectivity index (χ4v) is 1.50. The molecule has 1 aromatic carbocycles. The van der Waals surface area contributed by atoms with Gasteiger partial charge in [-0.05, 0) is 18.6 Å². The van der Waals surface area contributed by atoms with E-state index in [0.717, 1.165) is 5.56 Å². The Hall–Kier alpha value is -1.61. The van der Waals surface area contributed by atoms with Gasteiger partial charge in [0, 0.05) is 5.56 Å². The summed E-state index contributed by atoms with van der Waals surface area (Å²) in [6, 6.07) is 7.16. The van der Waals surface area contributed by atoms with Crippen molar-refractivity contribution in [3.05, 3.63) is 41.5 Å². The van der Waals surface area contributed by atoms with E-state index in [1.807, 2.05) is 19.1 Å². The molecule has 1 atom stereocenters. The lowest BCUT2D eigenvalue weighted by Gasteiger charge is -2.02. The van der Waals surface area contributed by atoms with Crippen LogP contribution in [0.2, 0.25) is 0 Å². The monoisotopic (exact) mass is 204 g/mol. The molecule has 0 radical (unpaired) electrons. The first-order valence-corrected chi connectivity index (χ1v) is 4.94. The molecule has 0 saturated carbocycles. The van der Waals surface area contributed by atoms with Crippen molar-refractivity contribution in [2.45, 2.75) is 19.4 Å². The molecule has 3 nitrogen and oxygen atoms in total. The molecule has 3 heteroatoms. The molecular formula is C12H12O3. The molecule has 1 aliphatic heterocycles. The van der Waals surface area contributed by atoms with E-state index in [2.05, 4.69) is 0 Å². The Morgan fingerprint density at radius 2 is 2.07 bits per heavy atom. The zero-order valence-electron chi connectivity index (χ0n) is 8.43. The van der Waals surface area contributed by atoms with E-state index in [1.165, 1.54) is 0 Å². The minimum Gasteiger partial charge on any atom is -0.422 e. The Bertz CT molecular complexity index is 421. The average Bonchev–Trinajstić information content (AvgIpc) is 2.57. The van der Waals surface area contributed by atoms with Crippen molar-refractivity contribution in [2.24, 2.45) is 0 Å². The normalized spacial score (nSPS) is 18.8. The summed E-state index contributed by atoms with van der Waals surface area (Å²) in [5.74, 6) is 0.116. The van der Waals surface area contributed by atoms with Crippen molar-refractivity contribution in [3.63, 3.8) is 0 Å². The molecule has 0 spiro atoms. The highest BCUT2D eigenvalue weighted by Gasteiger charge is 2.25. The quantitative estimate of drug-likeness (QED) is 0.749. The molecule has 1 heterocycles. The Balaban J connectivity index is 2.40. The Morgan fingerprint density at radius 3 is 2.73 bits per heavy atom. The van der Waals surface area contributed by atoms with Gasteiger partial charge in [-0.25, -0.2) is 4.79 Å². The molecule has 1 aromatic rings. The summed E-state index contributed by atoms with van der Waals surface area (Å²) in [5, 5.41) is 9.46. The SMILES string of the molecule is CCC(O)C=C1OC(=O)c2ccccc21. The number of carbonyl (C=O) groups excluding carboxylic acids is 1. The molecular weight excluding hydrogens is 192 g/mol. The molecule has 0 aliphatic carbocycles. The topological polar surface area (TPSA) is 46.5 Å². The lowest BCUT2D eigenvalue weighted by molar-refractivity contribution is 0.0713. The lowest BCUT2D eigenvalue weighted by Crippen LogP contribution is -2.00. The van der Waals surface area contributed by atoms with Crippen LogP contribution in [0, 0.1) is 0 Å². The Labute approximate surface area is 88.0 Å². The Kier molecular flexibility index (Phi) is 2.56. The van der Waals surface area contributed by atoms with Gasteiger partial charge in [0.2, 0.25) is 0 Å². The molecule has 0 saturated heterocycles. The number of rotatable bonds is 2. The summed E-state index contributed by atoms with van der Waals surface area (Å²) < 4.78 is 5.07. The van der Waals surface area contributed by atoms with Crippen LogP contribution in [0.25, 0.3) is 5.76 Å². The van der Waals surface area contributed by atoms with Crippen molar-refractivity contribution in [1.82, 2.24) is 0 Å². The smallest absolute Gasteiger partial charge is 0.344 e. The molecule has 15 heavy (non-hydrogen) atoms. The highest BCUT2D eigenvalue weighted by atomic mass is 16.5. The van der Waals surface area contributed by atoms with Crippen LogP contribution < -0.4 is 0 Å². The Morgan fingerprint density at radius 1 is 1.40 bits per heavy atom. The van der Waals surface area contributed by atoms with Gasteiger partial charge in [0.25, 0.3) is 0 Å². The number of ether oxygens (including phenoxy) is 1. The van der Waals surface area contributed by atoms with Crippen molar-refractivity contribution >= 4 is 11.7 Å². The van der Waals surface area contributed by atoms with Crippen molar-refractivity contribution < 1.29 is 14.6 Å². The van der Waals surface area contributed by atoms with E-state index < -0.39 is 6.10 Å². The van der Waals surface area contributed by atoms with Gasteiger partial charge in [-0.1, -0.05) is 25.1 Å². The number of hydrogen-bond donors (Lipinski definition) is 1. The minimum absolute atomic E-state index is 0.347. The number of aliphatic hydroxyl groups excluding tert-OH is 1. The number of hydrogen-bond acceptors (Lipinski definition) is 3. The van der Waals surface area contributed by atoms with E-state index in [1.54, 1.807) is 18.2 Å². The summed E-state index contributed by atoms with van der Waals surface area (Å²) in [7, 11) is 0. The van der Waals surface area contributed by atoms with Gasteiger partial charge in [0.05, 0.1) is 11.7 Å². The van der Waals surface area contributed by atoms with Gasteiger partial charge < -0.3 is 9.84 Å². The van der Waals surface area contributed by atoms with Crippen LogP contribution in [0.4, 0.5) is 0 Å². The average molecular weight is 204 g/mol. The minimum atomic E-state index is -0.570. The second kappa shape index (κ2) is 3.87. The van der Waals surface area contributed by atoms with Crippen molar-refractivity contribution in [3.8, 4) is 0 Å². The molecule has 0 bridgehead atoms. The van der Waals surface area contributed by atoms with Gasteiger partial charge in [-0.15, -0.1) is 0 Å². The van der Waals surface area contributed by atoms with Crippen LogP contribution in [-0.2, 0) is 4.74 Å². The predicted molar refractivity (Wildman–Crippen MR) is 56.1 cm³/mol. The summed E-state index contributed by atoms with van der Waals surface area (Å²) in [6.07, 6.45) is 1.60. The number of carbonyl (C=O) groups is 1. The molecule has 78 valence electrons. The van der Waals surface area contributed by atoms with Crippen LogP contribution in [0.3, 0.4) is 0 Å². The lowest BCUT2D eigenvalue weighted by atomic mass is 10.1. The summed E-state index contributed by atoms with van der Waals surface area (Å²) in [6.45, 7) is 1.87. The predicted octanol–water partition coefficient (Wildman–Crippen LogP) is 1.97. The maximum Gasteiger partial charge on any atom is 0.344 e. The van der Waals surface area contributed by atoms with Crippen LogP contribution in [-0.4, -0.2) is 17.2 Å². The standard InChI is InChI=1S/C12H12O3/c1-2-8(13)7-11-9-5-3-4-6-10(9)12(14)15-11/h3-8,13H,2H2,1H3. The van der Waals surface area contributed by atoms with E-state index in [0.29, 0.717) is 17.7 Å². The molecule has 0 fully saturated rings. The highest BCUT2D eigenvalue weighted by molar-refractivity contribution is 6.02. The van der Waals surface area contributed by atoms with Gasteiger partial charge in [0.15, 0.2) is 0 Å². The third-order valence-corrected chi connectivity index (χ3v) is 2.38. The van der Waals surface area contributed by atoms with Crippen LogP contribution in [0.1, 0.15) is 29.3 Å². The van der Waals surface area contributed by atoms with Crippen LogP contribution in [0.15, 0.2) is 30.3 Å². The maximum atomic E-state index is 11.4. The summed E-state index contributed by atoms with van der Waals surface area (Å²) in [4.78, 5) is 11.4. The van der Waals surface area contributed by atoms with Gasteiger partial charge in [-0.3, -0.25) is 0 Å². The zero-order valence-corrected chi connectivity index (χ0v) is 8.43. The van der Waals surface area contributed by atoms with Crippen LogP contribution in [0.5, 0.6) is 0 Å². The number of cyclic esters (lactones) is 1. The number of fused-ring (bicyclic) bond motifs is 1. The van der Waals surface area contributed by atoms with Gasteiger partial charge >= 0.3 is 5.97 Å². The summed E-state index contributed by atoms with van der Waals surface area (Å²) >= 11 is 0. The van der Waals surface area contributed by atoms with E-state index in [-0.39, 0.29) is 5.97 Å². The largest absolute Gasteiger partial charge is 0.422 e. The van der Waals surface area contributed by atoms with E-state index >= 15 is 0 Å². The summed E-state index contributed by atoms with van der Waals surface area (Å²) in [5.41, 5.74) is 1.32. The fraction of sp³-hybridized carbons (Fsp3) is 0.250. The maximum absolute atomic E-state index is 11.4. The van der Waals surface area contributed by atoms with Crippen molar-refractivity contribution in [2.75, 3.05) is 0 Å². The highest BCUT2D eigenvalue weighted by Crippen LogP contribution is 2.29. The van der Waals surface area contributed by atoms with Crippen molar-refractivity contribution in [1.29, 1.82) is 0 Å². The van der Waals surface area contributed by atoms with Gasteiger partial charge in [-0.2, -0.15) is 0 Å². The third kappa shape index (κ3) is 1.78. The van der Waals surface area contributed by atoms with E-state index in [4.69, 9.17) is 4.74 Å². The first-order chi connectivity index (χ1) is 7.22. The third-order valence-electron chi connectivity index (χ3n) is 2.38. The molecule has 2 rings (SSSR count). The van der Waals surface area contributed by atoms with E-state index in [9.17, 15) is 9.90 Å². The molecule has 1 aliphatic rings. The zero-order chi connectivity index (χ0) is 10.8. The fourth-order valence-electron chi connectivity index (χ4n) is 1.50. The molecule has 1 N–H and O–H groups in total. The number of aliphatic hydroxyl groups is 1.